The predicted molar refractivity (Wildman–Crippen MR) is 77.9 cm³/mol. The molecule has 1 saturated carbocycles. The maximum Gasteiger partial charge on any atom is 0.243 e. The van der Waals surface area contributed by atoms with Gasteiger partial charge in [0.25, 0.3) is 0 Å². The fourth-order valence-corrected chi connectivity index (χ4v) is 3.67. The Labute approximate surface area is 120 Å². The molecule has 1 fully saturated rings. The van der Waals surface area contributed by atoms with Gasteiger partial charge in [-0.3, -0.25) is 0 Å². The SMILES string of the molecule is CNc1ncc(S(=O)(=O)NC2CCCC(C)CC2)cn1. The molecule has 20 heavy (non-hydrogen) atoms. The maximum absolute atomic E-state index is 12.3. The smallest absolute Gasteiger partial charge is 0.243 e. The van der Waals surface area contributed by atoms with Crippen molar-refractivity contribution < 1.29 is 8.42 Å². The first-order chi connectivity index (χ1) is 9.51. The first kappa shape index (κ1) is 15.2. The molecule has 2 unspecified atom stereocenters. The van der Waals surface area contributed by atoms with Crippen molar-refractivity contribution in [2.75, 3.05) is 12.4 Å². The highest BCUT2D eigenvalue weighted by Crippen LogP contribution is 2.23. The van der Waals surface area contributed by atoms with Crippen LogP contribution in [0.4, 0.5) is 5.95 Å². The van der Waals surface area contributed by atoms with Crippen molar-refractivity contribution in [2.45, 2.75) is 50.0 Å². The molecule has 1 aromatic heterocycles. The Kier molecular flexibility index (Phi) is 4.93. The zero-order valence-corrected chi connectivity index (χ0v) is 12.8. The van der Waals surface area contributed by atoms with Crippen molar-refractivity contribution in [3.63, 3.8) is 0 Å². The molecule has 6 nitrogen and oxygen atoms in total. The van der Waals surface area contributed by atoms with E-state index < -0.39 is 10.0 Å². The average Bonchev–Trinajstić information content (AvgIpc) is 2.63. The molecule has 112 valence electrons. The molecule has 0 radical (unpaired) electrons. The van der Waals surface area contributed by atoms with Gasteiger partial charge in [-0.2, -0.15) is 0 Å². The summed E-state index contributed by atoms with van der Waals surface area (Å²) in [4.78, 5) is 8.01. The summed E-state index contributed by atoms with van der Waals surface area (Å²) in [5, 5.41) is 2.76. The van der Waals surface area contributed by atoms with Crippen LogP contribution in [0.15, 0.2) is 17.3 Å². The average molecular weight is 298 g/mol. The van der Waals surface area contributed by atoms with E-state index in [-0.39, 0.29) is 10.9 Å². The normalized spacial score (nSPS) is 24.1. The first-order valence-electron chi connectivity index (χ1n) is 7.03. The lowest BCUT2D eigenvalue weighted by atomic mass is 10.0. The second-order valence-corrected chi connectivity index (χ2v) is 7.14. The standard InChI is InChI=1S/C13H22N4O2S/c1-10-4-3-5-11(7-6-10)17-20(18,19)12-8-15-13(14-2)16-9-12/h8-11,17H,3-7H2,1-2H3,(H,14,15,16). The van der Waals surface area contributed by atoms with Gasteiger partial charge in [0.15, 0.2) is 0 Å². The van der Waals surface area contributed by atoms with Gasteiger partial charge in [-0.25, -0.2) is 23.1 Å². The third-order valence-corrected chi connectivity index (χ3v) is 5.22. The number of nitrogens with one attached hydrogen (secondary N) is 2. The zero-order chi connectivity index (χ0) is 14.6. The number of nitrogens with zero attached hydrogens (tertiary/aromatic N) is 2. The monoisotopic (exact) mass is 298 g/mol. The van der Waals surface area contributed by atoms with E-state index in [4.69, 9.17) is 0 Å². The van der Waals surface area contributed by atoms with Crippen LogP contribution in [0.5, 0.6) is 0 Å². The summed E-state index contributed by atoms with van der Waals surface area (Å²) in [6, 6.07) is 0.0222. The fraction of sp³-hybridized carbons (Fsp3) is 0.692. The van der Waals surface area contributed by atoms with Gasteiger partial charge in [0.05, 0.1) is 12.4 Å². The van der Waals surface area contributed by atoms with Crippen molar-refractivity contribution >= 4 is 16.0 Å². The van der Waals surface area contributed by atoms with Crippen LogP contribution in [0.1, 0.15) is 39.0 Å². The molecule has 1 aliphatic rings. The first-order valence-corrected chi connectivity index (χ1v) is 8.51. The van der Waals surface area contributed by atoms with E-state index in [1.54, 1.807) is 7.05 Å². The molecule has 2 N–H and O–H groups in total. The number of anilines is 1. The third kappa shape index (κ3) is 3.89. The van der Waals surface area contributed by atoms with Crippen LogP contribution in [0.3, 0.4) is 0 Å². The van der Waals surface area contributed by atoms with Gasteiger partial charge in [0, 0.05) is 13.1 Å². The molecule has 1 aromatic rings. The lowest BCUT2D eigenvalue weighted by molar-refractivity contribution is 0.484. The van der Waals surface area contributed by atoms with Gasteiger partial charge in [0.1, 0.15) is 4.90 Å². The Hall–Kier alpha value is -1.21. The minimum absolute atomic E-state index is 0.0222. The van der Waals surface area contributed by atoms with E-state index in [9.17, 15) is 8.42 Å². The predicted octanol–water partition coefficient (Wildman–Crippen LogP) is 1.77. The number of rotatable bonds is 4. The summed E-state index contributed by atoms with van der Waals surface area (Å²) in [5.41, 5.74) is 0. The highest BCUT2D eigenvalue weighted by molar-refractivity contribution is 7.89. The van der Waals surface area contributed by atoms with Gasteiger partial charge in [0.2, 0.25) is 16.0 Å². The summed E-state index contributed by atoms with van der Waals surface area (Å²) in [6.07, 6.45) is 7.79. The summed E-state index contributed by atoms with van der Waals surface area (Å²) in [5.74, 6) is 1.09. The third-order valence-electron chi connectivity index (χ3n) is 3.74. The number of hydrogen-bond donors (Lipinski definition) is 2. The molecule has 1 aliphatic carbocycles. The van der Waals surface area contributed by atoms with Crippen LogP contribution in [0, 0.1) is 5.92 Å². The summed E-state index contributed by atoms with van der Waals surface area (Å²) < 4.78 is 27.3. The Morgan fingerprint density at radius 1 is 1.15 bits per heavy atom. The molecule has 7 heteroatoms. The van der Waals surface area contributed by atoms with E-state index in [2.05, 4.69) is 26.9 Å². The van der Waals surface area contributed by atoms with Gasteiger partial charge in [-0.1, -0.05) is 19.8 Å². The van der Waals surface area contributed by atoms with Crippen molar-refractivity contribution in [3.05, 3.63) is 12.4 Å². The topological polar surface area (TPSA) is 84.0 Å². The Bertz CT molecular complexity index is 530. The molecule has 0 aromatic carbocycles. The summed E-state index contributed by atoms with van der Waals surface area (Å²) >= 11 is 0. The number of aromatic nitrogens is 2. The molecule has 0 amide bonds. The summed E-state index contributed by atoms with van der Waals surface area (Å²) in [7, 11) is -1.83. The fourth-order valence-electron chi connectivity index (χ4n) is 2.48. The van der Waals surface area contributed by atoms with E-state index in [0.717, 1.165) is 25.7 Å². The largest absolute Gasteiger partial charge is 0.357 e. The lowest BCUT2D eigenvalue weighted by Gasteiger charge is -2.16. The second-order valence-electron chi connectivity index (χ2n) is 5.42. The Morgan fingerprint density at radius 2 is 1.85 bits per heavy atom. The number of hydrogen-bond acceptors (Lipinski definition) is 5. The lowest BCUT2D eigenvalue weighted by Crippen LogP contribution is -2.34. The zero-order valence-electron chi connectivity index (χ0n) is 12.0. The molecule has 0 aliphatic heterocycles. The van der Waals surface area contributed by atoms with Gasteiger partial charge in [-0.15, -0.1) is 0 Å². The molecule has 0 spiro atoms. The van der Waals surface area contributed by atoms with Crippen LogP contribution in [-0.2, 0) is 10.0 Å². The van der Waals surface area contributed by atoms with Crippen molar-refractivity contribution in [2.24, 2.45) is 5.92 Å². The van der Waals surface area contributed by atoms with Gasteiger partial charge < -0.3 is 5.32 Å². The van der Waals surface area contributed by atoms with Crippen LogP contribution >= 0.6 is 0 Å². The van der Waals surface area contributed by atoms with E-state index >= 15 is 0 Å². The highest BCUT2D eigenvalue weighted by Gasteiger charge is 2.23. The molecule has 0 bridgehead atoms. The molecule has 2 atom stereocenters. The second kappa shape index (κ2) is 6.49. The van der Waals surface area contributed by atoms with Crippen molar-refractivity contribution in [3.8, 4) is 0 Å². The van der Waals surface area contributed by atoms with E-state index in [1.807, 2.05) is 0 Å². The van der Waals surface area contributed by atoms with E-state index in [0.29, 0.717) is 11.9 Å². The van der Waals surface area contributed by atoms with Crippen LogP contribution < -0.4 is 10.0 Å². The summed E-state index contributed by atoms with van der Waals surface area (Å²) in [6.45, 7) is 2.22. The quantitative estimate of drug-likeness (QED) is 0.828. The van der Waals surface area contributed by atoms with Crippen LogP contribution in [0.25, 0.3) is 0 Å². The minimum atomic E-state index is -3.52. The molecule has 0 saturated heterocycles. The Morgan fingerprint density at radius 3 is 2.50 bits per heavy atom. The highest BCUT2D eigenvalue weighted by atomic mass is 32.2. The van der Waals surface area contributed by atoms with Gasteiger partial charge in [-0.05, 0) is 25.2 Å². The molecular formula is C13H22N4O2S. The van der Waals surface area contributed by atoms with E-state index in [1.165, 1.54) is 18.8 Å². The molecule has 2 rings (SSSR count). The van der Waals surface area contributed by atoms with Crippen LogP contribution in [0.2, 0.25) is 0 Å². The number of sulfonamides is 1. The molecule has 1 heterocycles. The van der Waals surface area contributed by atoms with Gasteiger partial charge >= 0.3 is 0 Å². The molecular weight excluding hydrogens is 276 g/mol. The maximum atomic E-state index is 12.3. The Balaban J connectivity index is 2.05. The van der Waals surface area contributed by atoms with Crippen LogP contribution in [-0.4, -0.2) is 31.5 Å². The van der Waals surface area contributed by atoms with Crippen molar-refractivity contribution in [1.82, 2.24) is 14.7 Å². The minimum Gasteiger partial charge on any atom is -0.357 e. The van der Waals surface area contributed by atoms with Crippen molar-refractivity contribution in [1.29, 1.82) is 0 Å².